The second-order valence-corrected chi connectivity index (χ2v) is 6.42. The van der Waals surface area contributed by atoms with Crippen molar-refractivity contribution in [1.82, 2.24) is 0 Å². The Labute approximate surface area is 123 Å². The standard InChI is InChI=1S/C14H30O5S/c1-2-3-4-5-6-9-14(11-12-15)10-7-8-13-19-20(16,17)18/h14-15H,2-13H2,1H3,(H,16,17,18). The third-order valence-corrected chi connectivity index (χ3v) is 3.96. The number of hydrogen-bond donors (Lipinski definition) is 2. The Kier molecular flexibility index (Phi) is 12.5. The zero-order valence-electron chi connectivity index (χ0n) is 12.6. The average Bonchev–Trinajstić information content (AvgIpc) is 2.36. The van der Waals surface area contributed by atoms with Crippen molar-refractivity contribution in [3.8, 4) is 0 Å². The third-order valence-electron chi connectivity index (χ3n) is 3.49. The van der Waals surface area contributed by atoms with Crippen LogP contribution in [0.4, 0.5) is 0 Å². The molecule has 5 nitrogen and oxygen atoms in total. The normalized spacial score (nSPS) is 13.6. The molecular formula is C14H30O5S. The fourth-order valence-corrected chi connectivity index (χ4v) is 2.68. The second kappa shape index (κ2) is 12.6. The minimum atomic E-state index is -4.30. The van der Waals surface area contributed by atoms with E-state index in [1.165, 1.54) is 32.1 Å². The summed E-state index contributed by atoms with van der Waals surface area (Å²) in [7, 11) is -4.30. The maximum Gasteiger partial charge on any atom is 0.397 e. The van der Waals surface area contributed by atoms with Crippen LogP contribution in [0.15, 0.2) is 0 Å². The van der Waals surface area contributed by atoms with Gasteiger partial charge < -0.3 is 5.11 Å². The van der Waals surface area contributed by atoms with Crippen LogP contribution < -0.4 is 0 Å². The average molecular weight is 310 g/mol. The number of unbranched alkanes of at least 4 members (excludes halogenated alkanes) is 5. The SMILES string of the molecule is CCCCCCCC(CCO)CCCCOS(=O)(=O)O. The molecular weight excluding hydrogens is 280 g/mol. The molecule has 2 N–H and O–H groups in total. The predicted octanol–water partition coefficient (Wildman–Crippen LogP) is 3.34. The molecule has 0 aliphatic heterocycles. The van der Waals surface area contributed by atoms with Crippen molar-refractivity contribution in [2.24, 2.45) is 5.92 Å². The van der Waals surface area contributed by atoms with Crippen molar-refractivity contribution in [2.75, 3.05) is 13.2 Å². The van der Waals surface area contributed by atoms with Gasteiger partial charge in [0.05, 0.1) is 6.61 Å². The highest BCUT2D eigenvalue weighted by atomic mass is 32.3. The van der Waals surface area contributed by atoms with Crippen LogP contribution in [0.3, 0.4) is 0 Å². The van der Waals surface area contributed by atoms with Crippen molar-refractivity contribution < 1.29 is 22.3 Å². The first-order valence-corrected chi connectivity index (χ1v) is 9.08. The molecule has 0 rings (SSSR count). The molecule has 0 radical (unpaired) electrons. The quantitative estimate of drug-likeness (QED) is 0.380. The molecule has 0 aliphatic carbocycles. The molecule has 0 saturated heterocycles. The van der Waals surface area contributed by atoms with Crippen LogP contribution in [-0.4, -0.2) is 31.3 Å². The highest BCUT2D eigenvalue weighted by molar-refractivity contribution is 7.80. The molecule has 0 spiro atoms. The molecule has 1 atom stereocenters. The molecule has 0 heterocycles. The van der Waals surface area contributed by atoms with E-state index in [1.807, 2.05) is 0 Å². The van der Waals surface area contributed by atoms with Crippen LogP contribution in [0.2, 0.25) is 0 Å². The van der Waals surface area contributed by atoms with E-state index >= 15 is 0 Å². The fraction of sp³-hybridized carbons (Fsp3) is 1.00. The van der Waals surface area contributed by atoms with E-state index in [0.29, 0.717) is 12.3 Å². The molecule has 0 bridgehead atoms. The van der Waals surface area contributed by atoms with Gasteiger partial charge in [-0.1, -0.05) is 58.3 Å². The number of aliphatic hydroxyl groups excluding tert-OH is 1. The monoisotopic (exact) mass is 310 g/mol. The summed E-state index contributed by atoms with van der Waals surface area (Å²) >= 11 is 0. The van der Waals surface area contributed by atoms with Gasteiger partial charge in [0.15, 0.2) is 0 Å². The van der Waals surface area contributed by atoms with Crippen LogP contribution in [0.1, 0.15) is 71.1 Å². The Bertz CT molecular complexity index is 303. The number of rotatable bonds is 14. The van der Waals surface area contributed by atoms with Crippen molar-refractivity contribution in [2.45, 2.75) is 71.1 Å². The molecule has 20 heavy (non-hydrogen) atoms. The fourth-order valence-electron chi connectivity index (χ4n) is 2.35. The third kappa shape index (κ3) is 14.2. The van der Waals surface area contributed by atoms with Crippen molar-refractivity contribution in [1.29, 1.82) is 0 Å². The molecule has 1 unspecified atom stereocenters. The maximum absolute atomic E-state index is 10.4. The van der Waals surface area contributed by atoms with Crippen molar-refractivity contribution in [3.63, 3.8) is 0 Å². The van der Waals surface area contributed by atoms with Gasteiger partial charge in [-0.25, -0.2) is 4.18 Å². The van der Waals surface area contributed by atoms with E-state index in [-0.39, 0.29) is 13.2 Å². The first-order chi connectivity index (χ1) is 9.49. The van der Waals surface area contributed by atoms with Crippen LogP contribution in [-0.2, 0) is 14.6 Å². The maximum atomic E-state index is 10.4. The van der Waals surface area contributed by atoms with E-state index in [0.717, 1.165) is 25.7 Å². The summed E-state index contributed by atoms with van der Waals surface area (Å²) in [6.07, 6.45) is 10.6. The van der Waals surface area contributed by atoms with E-state index in [4.69, 9.17) is 9.66 Å². The summed E-state index contributed by atoms with van der Waals surface area (Å²) in [6.45, 7) is 2.44. The summed E-state index contributed by atoms with van der Waals surface area (Å²) in [5, 5.41) is 9.05. The topological polar surface area (TPSA) is 83.8 Å². The van der Waals surface area contributed by atoms with Gasteiger partial charge in [-0.2, -0.15) is 8.42 Å². The molecule has 0 aromatic rings. The molecule has 0 fully saturated rings. The Balaban J connectivity index is 3.63. The van der Waals surface area contributed by atoms with Crippen molar-refractivity contribution in [3.05, 3.63) is 0 Å². The molecule has 0 amide bonds. The zero-order valence-corrected chi connectivity index (χ0v) is 13.4. The van der Waals surface area contributed by atoms with Gasteiger partial charge >= 0.3 is 10.4 Å². The van der Waals surface area contributed by atoms with Gasteiger partial charge in [0, 0.05) is 6.61 Å². The minimum absolute atomic E-state index is 0.0289. The molecule has 6 heteroatoms. The van der Waals surface area contributed by atoms with Crippen LogP contribution in [0, 0.1) is 5.92 Å². The summed E-state index contributed by atoms with van der Waals surface area (Å²) in [5.74, 6) is 0.507. The predicted molar refractivity (Wildman–Crippen MR) is 79.9 cm³/mol. The largest absolute Gasteiger partial charge is 0.397 e. The van der Waals surface area contributed by atoms with Gasteiger partial charge in [-0.3, -0.25) is 4.55 Å². The highest BCUT2D eigenvalue weighted by Crippen LogP contribution is 2.20. The molecule has 0 aromatic heterocycles. The van der Waals surface area contributed by atoms with E-state index in [9.17, 15) is 8.42 Å². The molecule has 0 saturated carbocycles. The molecule has 0 aliphatic rings. The number of hydrogen-bond acceptors (Lipinski definition) is 4. The Morgan fingerprint density at radius 1 is 0.950 bits per heavy atom. The molecule has 122 valence electrons. The van der Waals surface area contributed by atoms with Crippen molar-refractivity contribution >= 4 is 10.4 Å². The zero-order chi connectivity index (χ0) is 15.3. The summed E-state index contributed by atoms with van der Waals surface area (Å²) in [4.78, 5) is 0. The van der Waals surface area contributed by atoms with E-state index in [2.05, 4.69) is 11.1 Å². The number of aliphatic hydroxyl groups is 1. The first-order valence-electron chi connectivity index (χ1n) is 7.72. The Hall–Kier alpha value is -0.170. The minimum Gasteiger partial charge on any atom is -0.396 e. The lowest BCUT2D eigenvalue weighted by atomic mass is 9.92. The molecule has 0 aromatic carbocycles. The van der Waals surface area contributed by atoms with E-state index in [1.54, 1.807) is 0 Å². The summed E-state index contributed by atoms with van der Waals surface area (Å²) in [6, 6.07) is 0. The van der Waals surface area contributed by atoms with Gasteiger partial charge in [-0.15, -0.1) is 0 Å². The Morgan fingerprint density at radius 3 is 2.10 bits per heavy atom. The lowest BCUT2D eigenvalue weighted by Gasteiger charge is -2.15. The van der Waals surface area contributed by atoms with Gasteiger partial charge in [0.25, 0.3) is 0 Å². The summed E-state index contributed by atoms with van der Waals surface area (Å²) in [5.41, 5.74) is 0. The first kappa shape index (κ1) is 19.8. The Morgan fingerprint density at radius 2 is 1.55 bits per heavy atom. The highest BCUT2D eigenvalue weighted by Gasteiger charge is 2.09. The smallest absolute Gasteiger partial charge is 0.396 e. The second-order valence-electron chi connectivity index (χ2n) is 5.33. The van der Waals surface area contributed by atoms with Gasteiger partial charge in [0.2, 0.25) is 0 Å². The van der Waals surface area contributed by atoms with Crippen LogP contribution >= 0.6 is 0 Å². The van der Waals surface area contributed by atoms with Gasteiger partial charge in [-0.05, 0) is 18.8 Å². The lowest BCUT2D eigenvalue weighted by molar-refractivity contribution is 0.233. The summed E-state index contributed by atoms with van der Waals surface area (Å²) < 4.78 is 33.4. The van der Waals surface area contributed by atoms with Crippen LogP contribution in [0.5, 0.6) is 0 Å². The lowest BCUT2D eigenvalue weighted by Crippen LogP contribution is -2.07. The van der Waals surface area contributed by atoms with Gasteiger partial charge in [0.1, 0.15) is 0 Å². The van der Waals surface area contributed by atoms with Crippen LogP contribution in [0.25, 0.3) is 0 Å². The van der Waals surface area contributed by atoms with E-state index < -0.39 is 10.4 Å².